The topological polar surface area (TPSA) is 67.9 Å². The van der Waals surface area contributed by atoms with Crippen molar-refractivity contribution >= 4 is 23.1 Å². The number of carbonyl (C=O) groups excluding carboxylic acids is 2. The lowest BCUT2D eigenvalue weighted by Gasteiger charge is -2.16. The minimum atomic E-state index is -0.333. The van der Waals surface area contributed by atoms with Gasteiger partial charge in [-0.15, -0.1) is 0 Å². The van der Waals surface area contributed by atoms with Gasteiger partial charge in [0.25, 0.3) is 11.8 Å². The molecule has 6 nitrogen and oxygen atoms in total. The summed E-state index contributed by atoms with van der Waals surface area (Å²) in [6.45, 7) is 9.26. The summed E-state index contributed by atoms with van der Waals surface area (Å²) in [6, 6.07) is 11.6. The molecule has 1 aliphatic heterocycles. The number of amides is 2. The predicted octanol–water partition coefficient (Wildman–Crippen LogP) is 4.24. The fourth-order valence-electron chi connectivity index (χ4n) is 3.76. The van der Waals surface area contributed by atoms with Gasteiger partial charge >= 0.3 is 0 Å². The fraction of sp³-hybridized carbons (Fsp3) is 0.360. The lowest BCUT2D eigenvalue weighted by Crippen LogP contribution is -2.34. The molecule has 0 aliphatic carbocycles. The molecule has 0 spiro atoms. The number of hydrogen-bond donors (Lipinski definition) is 1. The summed E-state index contributed by atoms with van der Waals surface area (Å²) in [5, 5.41) is 3.21. The Bertz CT molecular complexity index is 1030. The lowest BCUT2D eigenvalue weighted by atomic mass is 9.97. The van der Waals surface area contributed by atoms with Crippen molar-refractivity contribution in [3.8, 4) is 5.75 Å². The molecule has 0 radical (unpaired) electrons. The van der Waals surface area contributed by atoms with E-state index >= 15 is 0 Å². The highest BCUT2D eigenvalue weighted by Crippen LogP contribution is 2.35. The first-order valence-electron chi connectivity index (χ1n) is 10.5. The fourth-order valence-corrected chi connectivity index (χ4v) is 3.76. The number of nitrogens with zero attached hydrogens (tertiary/aromatic N) is 1. The van der Waals surface area contributed by atoms with Gasteiger partial charge in [0.1, 0.15) is 11.4 Å². The normalized spacial score (nSPS) is 13.9. The Kier molecular flexibility index (Phi) is 7.13. The van der Waals surface area contributed by atoms with Crippen LogP contribution in [0.1, 0.15) is 35.6 Å². The summed E-state index contributed by atoms with van der Waals surface area (Å²) in [4.78, 5) is 28.0. The van der Waals surface area contributed by atoms with Crippen molar-refractivity contribution in [1.29, 1.82) is 0 Å². The molecule has 164 valence electrons. The Morgan fingerprint density at radius 1 is 0.968 bits per heavy atom. The molecule has 2 aromatic rings. The van der Waals surface area contributed by atoms with Crippen LogP contribution in [-0.2, 0) is 14.3 Å². The smallest absolute Gasteiger partial charge is 0.278 e. The van der Waals surface area contributed by atoms with Crippen LogP contribution in [0, 0.1) is 20.8 Å². The van der Waals surface area contributed by atoms with Crippen LogP contribution >= 0.6 is 0 Å². The van der Waals surface area contributed by atoms with Crippen LogP contribution in [0.3, 0.4) is 0 Å². The zero-order valence-electron chi connectivity index (χ0n) is 18.9. The predicted molar refractivity (Wildman–Crippen MR) is 122 cm³/mol. The highest BCUT2D eigenvalue weighted by Gasteiger charge is 2.39. The molecule has 0 fully saturated rings. The average Bonchev–Trinajstić information content (AvgIpc) is 2.95. The second kappa shape index (κ2) is 9.79. The number of anilines is 1. The van der Waals surface area contributed by atoms with Gasteiger partial charge in [0.15, 0.2) is 0 Å². The number of hydrogen-bond acceptors (Lipinski definition) is 5. The molecule has 0 aromatic heterocycles. The van der Waals surface area contributed by atoms with Crippen molar-refractivity contribution in [3.05, 3.63) is 64.3 Å². The third-order valence-electron chi connectivity index (χ3n) is 5.31. The van der Waals surface area contributed by atoms with Gasteiger partial charge in [-0.05, 0) is 62.9 Å². The van der Waals surface area contributed by atoms with E-state index in [0.717, 1.165) is 22.3 Å². The number of nitrogens with one attached hydrogen (secondary N) is 1. The molecular formula is C25H30N2O4. The van der Waals surface area contributed by atoms with E-state index in [1.165, 1.54) is 4.90 Å². The zero-order chi connectivity index (χ0) is 22.5. The maximum absolute atomic E-state index is 13.4. The van der Waals surface area contributed by atoms with Crippen molar-refractivity contribution in [2.75, 3.05) is 32.2 Å². The Morgan fingerprint density at radius 3 is 2.35 bits per heavy atom. The number of methoxy groups -OCH3 is 1. The standard InChI is InChI=1S/C25H30N2O4/c1-6-31-13-7-12-27-24(28)22(19-10-8-16(2)14-18(19)4)23(25(27)29)26-20-15-17(3)9-11-21(20)30-5/h8-11,14-15,26H,6-7,12-13H2,1-5H3. The summed E-state index contributed by atoms with van der Waals surface area (Å²) < 4.78 is 10.8. The summed E-state index contributed by atoms with van der Waals surface area (Å²) in [5.74, 6) is -0.0178. The van der Waals surface area contributed by atoms with E-state index in [4.69, 9.17) is 9.47 Å². The molecule has 31 heavy (non-hydrogen) atoms. The van der Waals surface area contributed by atoms with Crippen LogP contribution in [-0.4, -0.2) is 43.6 Å². The first kappa shape index (κ1) is 22.6. The lowest BCUT2D eigenvalue weighted by molar-refractivity contribution is -0.137. The van der Waals surface area contributed by atoms with Crippen LogP contribution in [0.2, 0.25) is 0 Å². The number of imide groups is 1. The van der Waals surface area contributed by atoms with Gasteiger partial charge < -0.3 is 14.8 Å². The molecule has 6 heteroatoms. The number of rotatable bonds is 9. The number of aryl methyl sites for hydroxylation is 3. The van der Waals surface area contributed by atoms with Crippen LogP contribution in [0.4, 0.5) is 5.69 Å². The molecule has 0 saturated heterocycles. The van der Waals surface area contributed by atoms with E-state index in [0.29, 0.717) is 43.2 Å². The Hall–Kier alpha value is -3.12. The molecular weight excluding hydrogens is 392 g/mol. The SMILES string of the molecule is CCOCCCN1C(=O)C(Nc2cc(C)ccc2OC)=C(c2ccc(C)cc2C)C1=O. The summed E-state index contributed by atoms with van der Waals surface area (Å²) in [5.41, 5.74) is 5.13. The van der Waals surface area contributed by atoms with Gasteiger partial charge in [0.2, 0.25) is 0 Å². The monoisotopic (exact) mass is 422 g/mol. The quantitative estimate of drug-likeness (QED) is 0.484. The first-order chi connectivity index (χ1) is 14.9. The summed E-state index contributed by atoms with van der Waals surface area (Å²) in [6.07, 6.45) is 0.590. The molecule has 0 atom stereocenters. The van der Waals surface area contributed by atoms with Crippen LogP contribution in [0.5, 0.6) is 5.75 Å². The average molecular weight is 423 g/mol. The van der Waals surface area contributed by atoms with Crippen LogP contribution < -0.4 is 10.1 Å². The minimum absolute atomic E-state index is 0.275. The maximum Gasteiger partial charge on any atom is 0.278 e. The van der Waals surface area contributed by atoms with Crippen molar-refractivity contribution in [2.24, 2.45) is 0 Å². The molecule has 3 rings (SSSR count). The first-order valence-corrected chi connectivity index (χ1v) is 10.5. The number of carbonyl (C=O) groups is 2. The molecule has 1 N–H and O–H groups in total. The van der Waals surface area contributed by atoms with Gasteiger partial charge in [-0.3, -0.25) is 14.5 Å². The van der Waals surface area contributed by atoms with Crippen molar-refractivity contribution in [2.45, 2.75) is 34.1 Å². The molecule has 0 saturated carbocycles. The van der Waals surface area contributed by atoms with E-state index in [1.807, 2.05) is 64.1 Å². The Balaban J connectivity index is 2.04. The molecule has 0 bridgehead atoms. The van der Waals surface area contributed by atoms with E-state index in [2.05, 4.69) is 5.32 Å². The number of ether oxygens (including phenoxy) is 2. The van der Waals surface area contributed by atoms with E-state index < -0.39 is 0 Å². The summed E-state index contributed by atoms with van der Waals surface area (Å²) >= 11 is 0. The summed E-state index contributed by atoms with van der Waals surface area (Å²) in [7, 11) is 1.58. The van der Waals surface area contributed by atoms with Gasteiger partial charge in [-0.1, -0.05) is 29.8 Å². The second-order valence-electron chi connectivity index (χ2n) is 7.71. The van der Waals surface area contributed by atoms with E-state index in [-0.39, 0.29) is 17.5 Å². The third-order valence-corrected chi connectivity index (χ3v) is 5.31. The van der Waals surface area contributed by atoms with Crippen LogP contribution in [0.25, 0.3) is 5.57 Å². The highest BCUT2D eigenvalue weighted by molar-refractivity contribution is 6.36. The Morgan fingerprint density at radius 2 is 1.68 bits per heavy atom. The van der Waals surface area contributed by atoms with Crippen LogP contribution in [0.15, 0.2) is 42.1 Å². The maximum atomic E-state index is 13.4. The van der Waals surface area contributed by atoms with Gasteiger partial charge in [-0.25, -0.2) is 0 Å². The van der Waals surface area contributed by atoms with Gasteiger partial charge in [0, 0.05) is 19.8 Å². The van der Waals surface area contributed by atoms with E-state index in [9.17, 15) is 9.59 Å². The van der Waals surface area contributed by atoms with Gasteiger partial charge in [0.05, 0.1) is 18.4 Å². The van der Waals surface area contributed by atoms with Crippen molar-refractivity contribution in [1.82, 2.24) is 4.90 Å². The molecule has 2 aromatic carbocycles. The molecule has 2 amide bonds. The van der Waals surface area contributed by atoms with Crippen molar-refractivity contribution in [3.63, 3.8) is 0 Å². The zero-order valence-corrected chi connectivity index (χ0v) is 18.9. The largest absolute Gasteiger partial charge is 0.495 e. The third kappa shape index (κ3) is 4.80. The van der Waals surface area contributed by atoms with Crippen molar-refractivity contribution < 1.29 is 19.1 Å². The molecule has 0 unspecified atom stereocenters. The van der Waals surface area contributed by atoms with Gasteiger partial charge in [-0.2, -0.15) is 0 Å². The number of benzene rings is 2. The minimum Gasteiger partial charge on any atom is -0.495 e. The second-order valence-corrected chi connectivity index (χ2v) is 7.71. The molecule has 1 aliphatic rings. The Labute approximate surface area is 183 Å². The molecule has 1 heterocycles. The van der Waals surface area contributed by atoms with E-state index in [1.54, 1.807) is 7.11 Å². The highest BCUT2D eigenvalue weighted by atomic mass is 16.5.